The Balaban J connectivity index is 1.52. The number of carbonyl (C=O) groups is 1. The third-order valence-corrected chi connectivity index (χ3v) is 8.02. The number of thiophene rings is 1. The standard InChI is InChI=1S/C19H24ClN3O3S2/c1-14-3-4-15(2)17(11-14)28(25,26)23-9-7-22(8-10-23)13-19(24)21-12-16-5-6-18(20)27-16/h3-6,11H,7-10,12-13H2,1-2H3,(H,21,24). The number of nitrogens with one attached hydrogen (secondary N) is 1. The number of hydrogen-bond acceptors (Lipinski definition) is 5. The predicted octanol–water partition coefficient (Wildman–Crippen LogP) is 2.64. The molecule has 1 aromatic carbocycles. The van der Waals surface area contributed by atoms with Crippen LogP contribution in [0.2, 0.25) is 4.34 Å². The first-order valence-electron chi connectivity index (χ1n) is 9.06. The highest BCUT2D eigenvalue weighted by molar-refractivity contribution is 7.89. The van der Waals surface area contributed by atoms with Crippen molar-refractivity contribution in [3.63, 3.8) is 0 Å². The van der Waals surface area contributed by atoms with Crippen molar-refractivity contribution in [3.05, 3.63) is 50.7 Å². The lowest BCUT2D eigenvalue weighted by molar-refractivity contribution is -0.122. The van der Waals surface area contributed by atoms with Gasteiger partial charge in [0.1, 0.15) is 0 Å². The quantitative estimate of drug-likeness (QED) is 0.748. The van der Waals surface area contributed by atoms with Gasteiger partial charge < -0.3 is 5.32 Å². The molecule has 1 saturated heterocycles. The highest BCUT2D eigenvalue weighted by atomic mass is 35.5. The van der Waals surface area contributed by atoms with Gasteiger partial charge in [0.25, 0.3) is 0 Å². The van der Waals surface area contributed by atoms with Gasteiger partial charge in [0.15, 0.2) is 0 Å². The van der Waals surface area contributed by atoms with E-state index in [1.807, 2.05) is 43.0 Å². The van der Waals surface area contributed by atoms with Gasteiger partial charge in [-0.2, -0.15) is 4.31 Å². The van der Waals surface area contributed by atoms with Crippen LogP contribution in [-0.2, 0) is 21.4 Å². The maximum atomic E-state index is 13.0. The van der Waals surface area contributed by atoms with Gasteiger partial charge in [-0.05, 0) is 43.2 Å². The zero-order chi connectivity index (χ0) is 20.3. The molecule has 1 amide bonds. The highest BCUT2D eigenvalue weighted by Crippen LogP contribution is 2.23. The van der Waals surface area contributed by atoms with Crippen LogP contribution in [0.5, 0.6) is 0 Å². The second-order valence-electron chi connectivity index (χ2n) is 6.93. The molecule has 0 saturated carbocycles. The Morgan fingerprint density at radius 2 is 1.86 bits per heavy atom. The molecule has 152 valence electrons. The van der Waals surface area contributed by atoms with Crippen LogP contribution in [0.15, 0.2) is 35.2 Å². The third-order valence-electron chi connectivity index (χ3n) is 4.75. The molecule has 3 rings (SSSR count). The number of halogens is 1. The number of benzene rings is 1. The molecule has 6 nitrogen and oxygen atoms in total. The number of rotatable bonds is 6. The van der Waals surface area contributed by atoms with Crippen LogP contribution in [0, 0.1) is 13.8 Å². The molecule has 0 atom stereocenters. The van der Waals surface area contributed by atoms with E-state index < -0.39 is 10.0 Å². The third kappa shape index (κ3) is 5.12. The maximum absolute atomic E-state index is 13.0. The lowest BCUT2D eigenvalue weighted by atomic mass is 10.2. The van der Waals surface area contributed by atoms with Gasteiger partial charge >= 0.3 is 0 Å². The summed E-state index contributed by atoms with van der Waals surface area (Å²) in [6.45, 7) is 6.23. The minimum atomic E-state index is -3.52. The monoisotopic (exact) mass is 441 g/mol. The van der Waals surface area contributed by atoms with E-state index in [9.17, 15) is 13.2 Å². The molecule has 9 heteroatoms. The van der Waals surface area contributed by atoms with Crippen LogP contribution >= 0.6 is 22.9 Å². The van der Waals surface area contributed by atoms with Gasteiger partial charge in [0.05, 0.1) is 22.3 Å². The first-order valence-corrected chi connectivity index (χ1v) is 11.7. The van der Waals surface area contributed by atoms with Crippen molar-refractivity contribution in [2.24, 2.45) is 0 Å². The van der Waals surface area contributed by atoms with E-state index >= 15 is 0 Å². The number of amides is 1. The summed E-state index contributed by atoms with van der Waals surface area (Å²) in [5.74, 6) is -0.0737. The fourth-order valence-corrected chi connectivity index (χ4v) is 5.90. The van der Waals surface area contributed by atoms with Crippen LogP contribution in [0.1, 0.15) is 16.0 Å². The largest absolute Gasteiger partial charge is 0.350 e. The van der Waals surface area contributed by atoms with Gasteiger partial charge in [-0.25, -0.2) is 8.42 Å². The Bertz CT molecular complexity index is 951. The van der Waals surface area contributed by atoms with Crippen LogP contribution in [-0.4, -0.2) is 56.3 Å². The molecular formula is C19H24ClN3O3S2. The fraction of sp³-hybridized carbons (Fsp3) is 0.421. The van der Waals surface area contributed by atoms with Crippen LogP contribution in [0.3, 0.4) is 0 Å². The summed E-state index contributed by atoms with van der Waals surface area (Å²) < 4.78 is 28.1. The molecule has 28 heavy (non-hydrogen) atoms. The van der Waals surface area contributed by atoms with E-state index in [1.165, 1.54) is 15.6 Å². The summed E-state index contributed by atoms with van der Waals surface area (Å²) in [5, 5.41) is 2.88. The molecule has 0 unspecified atom stereocenters. The minimum absolute atomic E-state index is 0.0737. The van der Waals surface area contributed by atoms with E-state index in [-0.39, 0.29) is 12.5 Å². The first-order chi connectivity index (χ1) is 13.3. The number of sulfonamides is 1. The Morgan fingerprint density at radius 3 is 2.50 bits per heavy atom. The molecule has 1 fully saturated rings. The van der Waals surface area contributed by atoms with Crippen molar-refractivity contribution in [2.75, 3.05) is 32.7 Å². The zero-order valence-electron chi connectivity index (χ0n) is 15.9. The number of nitrogens with zero attached hydrogens (tertiary/aromatic N) is 2. The molecule has 1 aromatic heterocycles. The van der Waals surface area contributed by atoms with E-state index in [1.54, 1.807) is 6.07 Å². The zero-order valence-corrected chi connectivity index (χ0v) is 18.3. The molecule has 1 aliphatic heterocycles. The van der Waals surface area contributed by atoms with E-state index in [2.05, 4.69) is 5.32 Å². The Hall–Kier alpha value is -1.45. The Morgan fingerprint density at radius 1 is 1.14 bits per heavy atom. The second kappa shape index (κ2) is 8.92. The van der Waals surface area contributed by atoms with Gasteiger partial charge in [0, 0.05) is 31.1 Å². The smallest absolute Gasteiger partial charge is 0.243 e. The highest BCUT2D eigenvalue weighted by Gasteiger charge is 2.30. The van der Waals surface area contributed by atoms with Crippen LogP contribution in [0.4, 0.5) is 0 Å². The summed E-state index contributed by atoms with van der Waals surface area (Å²) >= 11 is 7.33. The fourth-order valence-electron chi connectivity index (χ4n) is 3.14. The van der Waals surface area contributed by atoms with Gasteiger partial charge in [-0.3, -0.25) is 9.69 Å². The van der Waals surface area contributed by atoms with Gasteiger partial charge in [-0.1, -0.05) is 23.7 Å². The lowest BCUT2D eigenvalue weighted by Gasteiger charge is -2.33. The van der Waals surface area contributed by atoms with Gasteiger partial charge in [0.2, 0.25) is 15.9 Å². The molecular weight excluding hydrogens is 418 g/mol. The molecule has 1 aliphatic rings. The lowest BCUT2D eigenvalue weighted by Crippen LogP contribution is -2.51. The van der Waals surface area contributed by atoms with Crippen LogP contribution in [0.25, 0.3) is 0 Å². The van der Waals surface area contributed by atoms with Crippen molar-refractivity contribution < 1.29 is 13.2 Å². The predicted molar refractivity (Wildman–Crippen MR) is 112 cm³/mol. The SMILES string of the molecule is Cc1ccc(C)c(S(=O)(=O)N2CCN(CC(=O)NCc3ccc(Cl)s3)CC2)c1. The van der Waals surface area contributed by atoms with Crippen molar-refractivity contribution in [1.29, 1.82) is 0 Å². The molecule has 1 N–H and O–H groups in total. The number of carbonyl (C=O) groups excluding carboxylic acids is 1. The summed E-state index contributed by atoms with van der Waals surface area (Å²) in [6, 6.07) is 9.17. The second-order valence-corrected chi connectivity index (χ2v) is 10.6. The number of hydrogen-bond donors (Lipinski definition) is 1. The minimum Gasteiger partial charge on any atom is -0.350 e. The normalized spacial score (nSPS) is 16.2. The van der Waals surface area contributed by atoms with Crippen molar-refractivity contribution in [3.8, 4) is 0 Å². The summed E-state index contributed by atoms with van der Waals surface area (Å²) in [7, 11) is -3.52. The topological polar surface area (TPSA) is 69.7 Å². The van der Waals surface area contributed by atoms with E-state index in [4.69, 9.17) is 11.6 Å². The molecule has 2 aromatic rings. The van der Waals surface area contributed by atoms with E-state index in [0.717, 1.165) is 16.0 Å². The molecule has 0 radical (unpaired) electrons. The number of aryl methyl sites for hydroxylation is 2. The first kappa shape index (κ1) is 21.3. The molecule has 0 bridgehead atoms. The van der Waals surface area contributed by atoms with Crippen molar-refractivity contribution in [1.82, 2.24) is 14.5 Å². The van der Waals surface area contributed by atoms with Gasteiger partial charge in [-0.15, -0.1) is 11.3 Å². The van der Waals surface area contributed by atoms with Crippen molar-refractivity contribution >= 4 is 38.9 Å². The molecule has 0 spiro atoms. The summed E-state index contributed by atoms with van der Waals surface area (Å²) in [4.78, 5) is 15.5. The maximum Gasteiger partial charge on any atom is 0.243 e. The van der Waals surface area contributed by atoms with Crippen LogP contribution < -0.4 is 5.32 Å². The summed E-state index contributed by atoms with van der Waals surface area (Å²) in [5.41, 5.74) is 1.67. The Labute approximate surface area is 175 Å². The molecule has 0 aliphatic carbocycles. The average molecular weight is 442 g/mol. The van der Waals surface area contributed by atoms with E-state index in [0.29, 0.717) is 42.0 Å². The Kier molecular flexibility index (Phi) is 6.77. The summed E-state index contributed by atoms with van der Waals surface area (Å²) in [6.07, 6.45) is 0. The number of piperazine rings is 1. The van der Waals surface area contributed by atoms with Crippen molar-refractivity contribution in [2.45, 2.75) is 25.3 Å². The molecule has 2 heterocycles. The average Bonchev–Trinajstić information content (AvgIpc) is 3.08.